The molecule has 0 saturated carbocycles. The van der Waals surface area contributed by atoms with Gasteiger partial charge < -0.3 is 4.74 Å². The van der Waals surface area contributed by atoms with Gasteiger partial charge >= 0.3 is 0 Å². The number of hydrogen-bond donors (Lipinski definition) is 2. The summed E-state index contributed by atoms with van der Waals surface area (Å²) in [5, 5.41) is 23.5. The number of amidine groups is 2. The summed E-state index contributed by atoms with van der Waals surface area (Å²) < 4.78 is 6.56. The summed E-state index contributed by atoms with van der Waals surface area (Å²) >= 11 is 5.09. The fourth-order valence-corrected chi connectivity index (χ4v) is 4.38. The maximum absolute atomic E-state index is 8.71. The second-order valence-electron chi connectivity index (χ2n) is 7.42. The number of ether oxygens (including phenoxy) is 1. The molecule has 0 fully saturated rings. The highest BCUT2D eigenvalue weighted by Gasteiger charge is 2.37. The molecule has 2 N–H and O–H groups in total. The molecule has 0 aromatic carbocycles. The van der Waals surface area contributed by atoms with Crippen LogP contribution in [0.5, 0.6) is 0 Å². The zero-order valence-electron chi connectivity index (χ0n) is 15.8. The Kier molecular flexibility index (Phi) is 5.65. The number of allylic oxidation sites excluding steroid dienone is 2. The van der Waals surface area contributed by atoms with Crippen LogP contribution in [0.15, 0.2) is 50.4 Å². The maximum atomic E-state index is 8.71. The van der Waals surface area contributed by atoms with E-state index in [1.807, 2.05) is 36.4 Å². The van der Waals surface area contributed by atoms with Gasteiger partial charge in [-0.15, -0.1) is 11.3 Å². The van der Waals surface area contributed by atoms with Gasteiger partial charge in [0.15, 0.2) is 11.7 Å². The number of nitrogens with one attached hydrogen (secondary N) is 2. The van der Waals surface area contributed by atoms with Gasteiger partial charge in [0.25, 0.3) is 0 Å². The van der Waals surface area contributed by atoms with Crippen molar-refractivity contribution in [2.45, 2.75) is 33.3 Å². The van der Waals surface area contributed by atoms with Crippen LogP contribution in [0.2, 0.25) is 0 Å². The van der Waals surface area contributed by atoms with Crippen LogP contribution in [0.1, 0.15) is 32.1 Å². The van der Waals surface area contributed by atoms with Gasteiger partial charge in [0.2, 0.25) is 0 Å². The van der Waals surface area contributed by atoms with Gasteiger partial charge in [0.05, 0.1) is 15.6 Å². The molecule has 1 aromatic heterocycles. The molecule has 1 aliphatic carbocycles. The smallest absolute Gasteiger partial charge is 0.157 e. The van der Waals surface area contributed by atoms with Gasteiger partial charge in [-0.3, -0.25) is 10.8 Å². The molecule has 3 rings (SSSR count). The van der Waals surface area contributed by atoms with Gasteiger partial charge in [-0.05, 0) is 40.6 Å². The largest absolute Gasteiger partial charge is 0.376 e. The molecule has 0 saturated heterocycles. The minimum atomic E-state index is -0.247. The topological polar surface area (TPSA) is 72.5 Å². The van der Waals surface area contributed by atoms with Crippen molar-refractivity contribution in [3.8, 4) is 0 Å². The highest BCUT2D eigenvalue weighted by Crippen LogP contribution is 2.33. The van der Waals surface area contributed by atoms with E-state index in [-0.39, 0.29) is 23.2 Å². The average molecular weight is 447 g/mol. The molecule has 27 heavy (non-hydrogen) atoms. The average Bonchev–Trinajstić information content (AvgIpc) is 3.18. The summed E-state index contributed by atoms with van der Waals surface area (Å²) in [6, 6.07) is 4.00. The maximum Gasteiger partial charge on any atom is 0.157 e. The Labute approximate surface area is 172 Å². The second-order valence-corrected chi connectivity index (χ2v) is 9.91. The van der Waals surface area contributed by atoms with Crippen LogP contribution < -0.4 is 0 Å². The van der Waals surface area contributed by atoms with E-state index in [9.17, 15) is 0 Å². The highest BCUT2D eigenvalue weighted by molar-refractivity contribution is 9.11. The van der Waals surface area contributed by atoms with E-state index in [0.29, 0.717) is 6.42 Å². The van der Waals surface area contributed by atoms with Crippen molar-refractivity contribution in [2.24, 2.45) is 10.5 Å². The molecule has 0 bridgehead atoms. The van der Waals surface area contributed by atoms with Crippen molar-refractivity contribution in [2.75, 3.05) is 7.11 Å². The summed E-state index contributed by atoms with van der Waals surface area (Å²) in [5.74, 6) is 0.411. The molecule has 0 spiro atoms. The van der Waals surface area contributed by atoms with Crippen LogP contribution >= 0.6 is 27.3 Å². The summed E-state index contributed by atoms with van der Waals surface area (Å²) in [5.41, 5.74) is 2.05. The Balaban J connectivity index is 2.00. The molecular formula is C20H23BrN4OS. The van der Waals surface area contributed by atoms with Crippen LogP contribution in [-0.4, -0.2) is 35.6 Å². The van der Waals surface area contributed by atoms with Crippen molar-refractivity contribution in [1.82, 2.24) is 5.01 Å². The Morgan fingerprint density at radius 1 is 1.41 bits per heavy atom. The molecule has 0 amide bonds. The minimum absolute atomic E-state index is 0.189. The monoisotopic (exact) mass is 446 g/mol. The molecule has 0 radical (unpaired) electrons. The summed E-state index contributed by atoms with van der Waals surface area (Å²) in [4.78, 5) is 1.04. The third-order valence-corrected chi connectivity index (χ3v) is 5.96. The molecular weight excluding hydrogens is 424 g/mol. The SMILES string of the molecule is COC1CC=CC=C1C(=N)N1N=C(C(C)(C)C)/C(=C/c2ccc(Br)s2)C1=N. The minimum Gasteiger partial charge on any atom is -0.376 e. The first-order chi connectivity index (χ1) is 12.7. The molecule has 2 aliphatic rings. The van der Waals surface area contributed by atoms with Crippen molar-refractivity contribution in [1.29, 1.82) is 10.8 Å². The highest BCUT2D eigenvalue weighted by atomic mass is 79.9. The lowest BCUT2D eigenvalue weighted by molar-refractivity contribution is 0.136. The van der Waals surface area contributed by atoms with E-state index in [1.54, 1.807) is 18.4 Å². The van der Waals surface area contributed by atoms with Crippen LogP contribution in [0.3, 0.4) is 0 Å². The van der Waals surface area contributed by atoms with Crippen LogP contribution in [0, 0.1) is 16.2 Å². The quantitative estimate of drug-likeness (QED) is 0.477. The second kappa shape index (κ2) is 7.66. The van der Waals surface area contributed by atoms with E-state index < -0.39 is 0 Å². The van der Waals surface area contributed by atoms with Gasteiger partial charge in [-0.25, -0.2) is 0 Å². The van der Waals surface area contributed by atoms with Gasteiger partial charge in [-0.2, -0.15) is 10.1 Å². The standard InChI is InChI=1S/C20H23BrN4OS/c1-20(2,3)17-14(11-12-9-10-16(21)27-12)19(23)25(24-17)18(22)13-7-5-6-8-15(13)26-4/h5-7,9-11,15,22-23H,8H2,1-4H3/b14-11-,22-18?,23-19?. The molecule has 142 valence electrons. The first-order valence-electron chi connectivity index (χ1n) is 8.66. The zero-order valence-corrected chi connectivity index (χ0v) is 18.2. The number of hydrazone groups is 1. The van der Waals surface area contributed by atoms with Crippen LogP contribution in [0.25, 0.3) is 6.08 Å². The Morgan fingerprint density at radius 3 is 2.74 bits per heavy atom. The van der Waals surface area contributed by atoms with Crippen molar-refractivity contribution >= 4 is 50.7 Å². The fraction of sp³-hybridized carbons (Fsp3) is 0.350. The molecule has 7 heteroatoms. The molecule has 1 unspecified atom stereocenters. The number of rotatable bonds is 3. The summed E-state index contributed by atoms with van der Waals surface area (Å²) in [6.07, 6.45) is 8.32. The van der Waals surface area contributed by atoms with E-state index in [1.165, 1.54) is 5.01 Å². The number of nitrogens with zero attached hydrogens (tertiary/aromatic N) is 2. The van der Waals surface area contributed by atoms with Gasteiger partial charge in [0, 0.05) is 28.5 Å². The van der Waals surface area contributed by atoms with Crippen LogP contribution in [0.4, 0.5) is 0 Å². The summed E-state index contributed by atoms with van der Waals surface area (Å²) in [6.45, 7) is 6.22. The van der Waals surface area contributed by atoms with Crippen LogP contribution in [-0.2, 0) is 4.74 Å². The lowest BCUT2D eigenvalue weighted by atomic mass is 9.85. The molecule has 5 nitrogen and oxygen atoms in total. The molecule has 1 atom stereocenters. The number of methoxy groups -OCH3 is 1. The third-order valence-electron chi connectivity index (χ3n) is 4.39. The molecule has 2 heterocycles. The first-order valence-corrected chi connectivity index (χ1v) is 10.3. The number of halogens is 1. The zero-order chi connectivity index (χ0) is 19.8. The summed E-state index contributed by atoms with van der Waals surface area (Å²) in [7, 11) is 1.64. The number of thiophene rings is 1. The molecule has 1 aromatic rings. The number of hydrogen-bond acceptors (Lipinski definition) is 5. The fourth-order valence-electron chi connectivity index (χ4n) is 3.02. The first kappa shape index (κ1) is 19.9. The predicted octanol–water partition coefficient (Wildman–Crippen LogP) is 5.47. The van der Waals surface area contributed by atoms with E-state index >= 15 is 0 Å². The van der Waals surface area contributed by atoms with E-state index in [2.05, 4.69) is 41.8 Å². The van der Waals surface area contributed by atoms with Gasteiger partial charge in [-0.1, -0.05) is 39.0 Å². The van der Waals surface area contributed by atoms with E-state index in [4.69, 9.17) is 15.6 Å². The Hall–Kier alpha value is -1.83. The third kappa shape index (κ3) is 4.05. The lowest BCUT2D eigenvalue weighted by Crippen LogP contribution is -2.34. The normalized spacial score (nSPS) is 21.7. The van der Waals surface area contributed by atoms with Crippen molar-refractivity contribution < 1.29 is 4.74 Å². The predicted molar refractivity (Wildman–Crippen MR) is 117 cm³/mol. The Morgan fingerprint density at radius 2 is 2.15 bits per heavy atom. The molecule has 1 aliphatic heterocycles. The van der Waals surface area contributed by atoms with E-state index in [0.717, 1.165) is 25.5 Å². The van der Waals surface area contributed by atoms with Gasteiger partial charge in [0.1, 0.15) is 0 Å². The Bertz CT molecular complexity index is 901. The van der Waals surface area contributed by atoms with Crippen molar-refractivity contribution in [3.63, 3.8) is 0 Å². The van der Waals surface area contributed by atoms with Crippen molar-refractivity contribution in [3.05, 3.63) is 50.2 Å². The lowest BCUT2D eigenvalue weighted by Gasteiger charge is -2.24.